The van der Waals surface area contributed by atoms with Crippen LogP contribution in [0.1, 0.15) is 32.6 Å². The van der Waals surface area contributed by atoms with E-state index in [0.717, 1.165) is 23.0 Å². The molecule has 4 atom stereocenters. The van der Waals surface area contributed by atoms with Gasteiger partial charge in [-0.05, 0) is 67.2 Å². The fourth-order valence-corrected chi connectivity index (χ4v) is 5.01. The quantitative estimate of drug-likeness (QED) is 0.666. The van der Waals surface area contributed by atoms with E-state index in [1.54, 1.807) is 0 Å². The first-order valence-corrected chi connectivity index (χ1v) is 10.8. The molecule has 30 heavy (non-hydrogen) atoms. The average molecular weight is 408 g/mol. The monoisotopic (exact) mass is 407 g/mol. The maximum Gasteiger partial charge on any atom is 0.344 e. The Kier molecular flexibility index (Phi) is 6.36. The molecule has 0 saturated heterocycles. The van der Waals surface area contributed by atoms with Gasteiger partial charge >= 0.3 is 5.97 Å². The lowest BCUT2D eigenvalue weighted by Crippen LogP contribution is -2.42. The number of fused-ring (bicyclic) bond motifs is 2. The van der Waals surface area contributed by atoms with E-state index in [0.29, 0.717) is 11.7 Å². The van der Waals surface area contributed by atoms with E-state index in [9.17, 15) is 9.59 Å². The number of amides is 1. The minimum Gasteiger partial charge on any atom is -0.482 e. The van der Waals surface area contributed by atoms with Crippen molar-refractivity contribution >= 4 is 11.9 Å². The molecule has 2 bridgehead atoms. The summed E-state index contributed by atoms with van der Waals surface area (Å²) >= 11 is 0. The predicted molar refractivity (Wildman–Crippen MR) is 115 cm³/mol. The van der Waals surface area contributed by atoms with Crippen molar-refractivity contribution in [3.8, 4) is 16.9 Å². The lowest BCUT2D eigenvalue weighted by Gasteiger charge is -2.28. The van der Waals surface area contributed by atoms with Crippen LogP contribution in [0.5, 0.6) is 5.75 Å². The molecular weight excluding hydrogens is 378 g/mol. The Balaban J connectivity index is 1.16. The normalized spacial score (nSPS) is 23.0. The zero-order valence-corrected chi connectivity index (χ0v) is 17.4. The first-order valence-electron chi connectivity index (χ1n) is 10.8. The molecule has 2 fully saturated rings. The van der Waals surface area contributed by atoms with Crippen molar-refractivity contribution in [2.45, 2.75) is 38.6 Å². The van der Waals surface area contributed by atoms with Crippen LogP contribution in [0.3, 0.4) is 0 Å². The molecule has 2 saturated carbocycles. The summed E-state index contributed by atoms with van der Waals surface area (Å²) < 4.78 is 10.5. The van der Waals surface area contributed by atoms with E-state index >= 15 is 0 Å². The molecule has 5 heteroatoms. The van der Waals surface area contributed by atoms with Gasteiger partial charge in [-0.25, -0.2) is 4.79 Å². The summed E-state index contributed by atoms with van der Waals surface area (Å²) in [7, 11) is 0. The predicted octanol–water partition coefficient (Wildman–Crippen LogP) is 4.22. The van der Waals surface area contributed by atoms with Crippen LogP contribution in [-0.2, 0) is 14.3 Å². The largest absolute Gasteiger partial charge is 0.482 e. The van der Waals surface area contributed by atoms with Gasteiger partial charge in [0.1, 0.15) is 5.75 Å². The highest BCUT2D eigenvalue weighted by Gasteiger charge is 2.42. The van der Waals surface area contributed by atoms with Crippen LogP contribution in [0.4, 0.5) is 0 Å². The van der Waals surface area contributed by atoms with E-state index in [1.165, 1.54) is 25.7 Å². The minimum atomic E-state index is -0.551. The number of hydrogen-bond donors (Lipinski definition) is 1. The lowest BCUT2D eigenvalue weighted by atomic mass is 9.84. The Labute approximate surface area is 177 Å². The van der Waals surface area contributed by atoms with Crippen molar-refractivity contribution in [1.29, 1.82) is 0 Å². The Morgan fingerprint density at radius 3 is 2.37 bits per heavy atom. The van der Waals surface area contributed by atoms with E-state index in [2.05, 4.69) is 12.2 Å². The van der Waals surface area contributed by atoms with Crippen LogP contribution >= 0.6 is 0 Å². The van der Waals surface area contributed by atoms with E-state index in [4.69, 9.17) is 9.47 Å². The van der Waals surface area contributed by atoms with Crippen LogP contribution in [0.15, 0.2) is 54.6 Å². The Morgan fingerprint density at radius 2 is 1.70 bits per heavy atom. The molecule has 2 aromatic carbocycles. The second-order valence-corrected chi connectivity index (χ2v) is 8.53. The first kappa shape index (κ1) is 20.5. The van der Waals surface area contributed by atoms with Gasteiger partial charge in [-0.15, -0.1) is 0 Å². The number of carbonyl (C=O) groups excluding carboxylic acids is 2. The van der Waals surface area contributed by atoms with Gasteiger partial charge in [0.15, 0.2) is 13.2 Å². The zero-order chi connectivity index (χ0) is 20.9. The van der Waals surface area contributed by atoms with Crippen LogP contribution in [0.25, 0.3) is 11.1 Å². The molecule has 0 spiro atoms. The molecule has 1 N–H and O–H groups in total. The fraction of sp³-hybridized carbons (Fsp3) is 0.440. The van der Waals surface area contributed by atoms with E-state index < -0.39 is 5.97 Å². The number of ether oxygens (including phenoxy) is 2. The average Bonchev–Trinajstić information content (AvgIpc) is 3.41. The topological polar surface area (TPSA) is 64.6 Å². The number of rotatable bonds is 8. The molecule has 5 nitrogen and oxygen atoms in total. The zero-order valence-electron chi connectivity index (χ0n) is 17.4. The summed E-state index contributed by atoms with van der Waals surface area (Å²) in [4.78, 5) is 24.1. The van der Waals surface area contributed by atoms with E-state index in [1.807, 2.05) is 54.6 Å². The third kappa shape index (κ3) is 5.02. The van der Waals surface area contributed by atoms with Gasteiger partial charge in [-0.3, -0.25) is 4.79 Å². The lowest BCUT2D eigenvalue weighted by molar-refractivity contribution is -0.150. The highest BCUT2D eigenvalue weighted by Crippen LogP contribution is 2.49. The smallest absolute Gasteiger partial charge is 0.344 e. The molecule has 0 aliphatic heterocycles. The first-order chi connectivity index (χ1) is 14.6. The van der Waals surface area contributed by atoms with Gasteiger partial charge in [0, 0.05) is 6.04 Å². The highest BCUT2D eigenvalue weighted by atomic mass is 16.6. The number of hydrogen-bond acceptors (Lipinski definition) is 4. The van der Waals surface area contributed by atoms with Crippen molar-refractivity contribution in [1.82, 2.24) is 5.32 Å². The second kappa shape index (κ2) is 9.33. The van der Waals surface area contributed by atoms with Gasteiger partial charge in [0.25, 0.3) is 5.91 Å². The van der Waals surface area contributed by atoms with Crippen molar-refractivity contribution in [3.63, 3.8) is 0 Å². The molecule has 0 aromatic heterocycles. The molecule has 0 heterocycles. The van der Waals surface area contributed by atoms with E-state index in [-0.39, 0.29) is 25.2 Å². The summed E-state index contributed by atoms with van der Waals surface area (Å²) in [5.74, 6) is 1.94. The number of nitrogens with one attached hydrogen (secondary N) is 1. The number of carbonyl (C=O) groups is 2. The molecule has 2 aromatic rings. The van der Waals surface area contributed by atoms with Crippen molar-refractivity contribution in [3.05, 3.63) is 54.6 Å². The SMILES string of the molecule is C[C@H](NC(=O)COC(=O)COc1ccc(-c2ccccc2)cc1)[C@@H]1C[C@@H]2CC[C@@H]1C2. The minimum absolute atomic E-state index is 0.130. The standard InChI is InChI=1S/C25H29NO4/c1-17(23-14-18-7-8-21(23)13-18)26-24(27)15-30-25(28)16-29-22-11-9-20(10-12-22)19-5-3-2-4-6-19/h2-6,9-12,17-18,21,23H,7-8,13-16H2,1H3,(H,26,27)/t17-,18+,21+,23-/m0/s1. The molecule has 0 radical (unpaired) electrons. The Hall–Kier alpha value is -2.82. The third-order valence-corrected chi connectivity index (χ3v) is 6.51. The molecule has 1 amide bonds. The molecule has 158 valence electrons. The number of esters is 1. The molecule has 2 aliphatic rings. The fourth-order valence-electron chi connectivity index (χ4n) is 5.01. The van der Waals surface area contributed by atoms with Gasteiger partial charge in [-0.2, -0.15) is 0 Å². The number of benzene rings is 2. The van der Waals surface area contributed by atoms with Gasteiger partial charge in [0.2, 0.25) is 0 Å². The van der Waals surface area contributed by atoms with Crippen molar-refractivity contribution in [2.75, 3.05) is 13.2 Å². The van der Waals surface area contributed by atoms with Gasteiger partial charge < -0.3 is 14.8 Å². The molecule has 0 unspecified atom stereocenters. The Bertz CT molecular complexity index is 864. The maximum absolute atomic E-state index is 12.1. The Morgan fingerprint density at radius 1 is 0.967 bits per heavy atom. The highest BCUT2D eigenvalue weighted by molar-refractivity contribution is 5.81. The second-order valence-electron chi connectivity index (χ2n) is 8.53. The van der Waals surface area contributed by atoms with Crippen LogP contribution in [0, 0.1) is 17.8 Å². The summed E-state index contributed by atoms with van der Waals surface area (Å²) in [5.41, 5.74) is 2.20. The summed E-state index contributed by atoms with van der Waals surface area (Å²) in [5, 5.41) is 3.00. The van der Waals surface area contributed by atoms with Gasteiger partial charge in [0.05, 0.1) is 0 Å². The molecular formula is C25H29NO4. The van der Waals surface area contributed by atoms with Crippen LogP contribution < -0.4 is 10.1 Å². The van der Waals surface area contributed by atoms with Crippen LogP contribution in [-0.4, -0.2) is 31.1 Å². The van der Waals surface area contributed by atoms with Gasteiger partial charge in [-0.1, -0.05) is 48.9 Å². The van der Waals surface area contributed by atoms with Crippen molar-refractivity contribution in [2.24, 2.45) is 17.8 Å². The molecule has 2 aliphatic carbocycles. The summed E-state index contributed by atoms with van der Waals surface area (Å²) in [6, 6.07) is 17.7. The summed E-state index contributed by atoms with van der Waals surface area (Å²) in [6.45, 7) is 1.58. The van der Waals surface area contributed by atoms with Crippen molar-refractivity contribution < 1.29 is 19.1 Å². The summed E-state index contributed by atoms with van der Waals surface area (Å²) in [6.07, 6.45) is 5.15. The maximum atomic E-state index is 12.1. The molecule has 4 rings (SSSR count). The third-order valence-electron chi connectivity index (χ3n) is 6.51. The van der Waals surface area contributed by atoms with Crippen LogP contribution in [0.2, 0.25) is 0 Å².